The van der Waals surface area contributed by atoms with Crippen LogP contribution in [0.5, 0.6) is 5.75 Å². The lowest BCUT2D eigenvalue weighted by Crippen LogP contribution is -2.22. The molecule has 0 atom stereocenters. The number of carbonyl (C=O) groups excluding carboxylic acids is 1. The van der Waals surface area contributed by atoms with Gasteiger partial charge in [0.15, 0.2) is 5.75 Å². The van der Waals surface area contributed by atoms with Crippen molar-refractivity contribution in [3.8, 4) is 5.75 Å². The van der Waals surface area contributed by atoms with Gasteiger partial charge in [-0.25, -0.2) is 13.6 Å². The van der Waals surface area contributed by atoms with E-state index in [1.54, 1.807) is 30.3 Å². The number of furan rings is 1. The molecule has 3 rings (SSSR count). The topological polar surface area (TPSA) is 112 Å². The van der Waals surface area contributed by atoms with E-state index in [9.17, 15) is 13.2 Å². The van der Waals surface area contributed by atoms with E-state index < -0.39 is 15.9 Å². The highest BCUT2D eigenvalue weighted by atomic mass is 32.2. The molecule has 8 heteroatoms. The average Bonchev–Trinajstić information content (AvgIpc) is 2.98. The summed E-state index contributed by atoms with van der Waals surface area (Å²) in [4.78, 5) is 12.4. The summed E-state index contributed by atoms with van der Waals surface area (Å²) < 4.78 is 33.3. The van der Waals surface area contributed by atoms with Gasteiger partial charge in [0.05, 0.1) is 17.4 Å². The number of carbonyl (C=O) groups is 1. The number of hydrogen-bond acceptors (Lipinski definition) is 5. The highest BCUT2D eigenvalue weighted by Gasteiger charge is 2.21. The van der Waals surface area contributed by atoms with Crippen LogP contribution >= 0.6 is 0 Å². The molecular formula is C17H16N2O5S. The summed E-state index contributed by atoms with van der Waals surface area (Å²) >= 11 is 0. The number of ether oxygens (including phenoxy) is 1. The smallest absolute Gasteiger partial charge is 0.291 e. The maximum atomic E-state index is 12.4. The van der Waals surface area contributed by atoms with Gasteiger partial charge in [-0.1, -0.05) is 24.3 Å². The van der Waals surface area contributed by atoms with Gasteiger partial charge in [0.2, 0.25) is 15.8 Å². The fourth-order valence-corrected chi connectivity index (χ4v) is 2.95. The van der Waals surface area contributed by atoms with E-state index in [0.717, 1.165) is 5.56 Å². The van der Waals surface area contributed by atoms with Crippen LogP contribution in [0.4, 0.5) is 0 Å². The average molecular weight is 360 g/mol. The molecule has 0 spiro atoms. The van der Waals surface area contributed by atoms with Crippen LogP contribution in [0.3, 0.4) is 0 Å². The summed E-state index contributed by atoms with van der Waals surface area (Å²) in [6.45, 7) is 0.198. The van der Waals surface area contributed by atoms with Gasteiger partial charge in [-0.15, -0.1) is 0 Å². The molecule has 3 N–H and O–H groups in total. The molecule has 0 fully saturated rings. The van der Waals surface area contributed by atoms with E-state index in [4.69, 9.17) is 14.3 Å². The van der Waals surface area contributed by atoms with Gasteiger partial charge < -0.3 is 14.5 Å². The molecule has 0 saturated carbocycles. The number of rotatable bonds is 5. The minimum Gasteiger partial charge on any atom is -0.492 e. The molecule has 0 radical (unpaired) electrons. The lowest BCUT2D eigenvalue weighted by atomic mass is 10.2. The minimum absolute atomic E-state index is 0.0153. The van der Waals surface area contributed by atoms with Gasteiger partial charge in [-0.3, -0.25) is 4.79 Å². The summed E-state index contributed by atoms with van der Waals surface area (Å²) in [5, 5.41) is 8.48. The minimum atomic E-state index is -3.74. The van der Waals surface area contributed by atoms with Gasteiger partial charge in [0.1, 0.15) is 5.58 Å². The molecule has 130 valence electrons. The third-order valence-corrected chi connectivity index (χ3v) is 4.59. The van der Waals surface area contributed by atoms with Gasteiger partial charge in [-0.05, 0) is 29.8 Å². The number of methoxy groups -OCH3 is 1. The number of primary sulfonamides is 1. The van der Waals surface area contributed by atoms with Crippen molar-refractivity contribution in [2.24, 2.45) is 5.14 Å². The second-order valence-corrected chi connectivity index (χ2v) is 6.89. The van der Waals surface area contributed by atoms with E-state index in [1.165, 1.54) is 19.2 Å². The Bertz CT molecular complexity index is 1020. The molecule has 7 nitrogen and oxygen atoms in total. The van der Waals surface area contributed by atoms with Crippen LogP contribution in [-0.2, 0) is 16.6 Å². The van der Waals surface area contributed by atoms with Crippen molar-refractivity contribution in [2.45, 2.75) is 11.4 Å². The molecule has 2 aromatic carbocycles. The number of benzene rings is 2. The van der Waals surface area contributed by atoms with Crippen molar-refractivity contribution in [2.75, 3.05) is 7.11 Å². The first-order chi connectivity index (χ1) is 11.9. The molecule has 0 bridgehead atoms. The predicted molar refractivity (Wildman–Crippen MR) is 91.8 cm³/mol. The molecule has 0 unspecified atom stereocenters. The van der Waals surface area contributed by atoms with E-state index in [1.807, 2.05) is 6.07 Å². The number of fused-ring (bicyclic) bond motifs is 1. The van der Waals surface area contributed by atoms with Crippen molar-refractivity contribution < 1.29 is 22.4 Å². The number of nitrogens with two attached hydrogens (primary N) is 1. The first-order valence-electron chi connectivity index (χ1n) is 7.35. The van der Waals surface area contributed by atoms with Crippen LogP contribution in [0, 0.1) is 0 Å². The Hall–Kier alpha value is -2.84. The molecule has 0 aliphatic heterocycles. The summed E-state index contributed by atoms with van der Waals surface area (Å²) in [6, 6.07) is 13.1. The summed E-state index contributed by atoms with van der Waals surface area (Å²) in [5.74, 6) is 0.0334. The van der Waals surface area contributed by atoms with Crippen molar-refractivity contribution in [1.29, 1.82) is 0 Å². The van der Waals surface area contributed by atoms with Crippen LogP contribution in [0.1, 0.15) is 16.1 Å². The van der Waals surface area contributed by atoms with Crippen molar-refractivity contribution in [3.05, 3.63) is 59.9 Å². The normalized spacial score (nSPS) is 11.4. The standard InChI is InChI=1S/C17H16N2O5S/c1-23-15-13-4-2-3-5-14(13)24-16(15)17(20)19-10-11-6-8-12(9-7-11)25(18,21)22/h2-9H,10H2,1H3,(H,19,20)(H2,18,21,22). The lowest BCUT2D eigenvalue weighted by Gasteiger charge is -2.06. The Morgan fingerprint density at radius 1 is 1.16 bits per heavy atom. The highest BCUT2D eigenvalue weighted by molar-refractivity contribution is 7.89. The quantitative estimate of drug-likeness (QED) is 0.723. The van der Waals surface area contributed by atoms with E-state index in [-0.39, 0.29) is 17.2 Å². The zero-order valence-corrected chi connectivity index (χ0v) is 14.2. The monoisotopic (exact) mass is 360 g/mol. The predicted octanol–water partition coefficient (Wildman–Crippen LogP) is 2.02. The number of hydrogen-bond donors (Lipinski definition) is 2. The summed E-state index contributed by atoms with van der Waals surface area (Å²) in [7, 11) is -2.26. The van der Waals surface area contributed by atoms with Crippen LogP contribution < -0.4 is 15.2 Å². The van der Waals surface area contributed by atoms with Crippen molar-refractivity contribution in [3.63, 3.8) is 0 Å². The van der Waals surface area contributed by atoms with Crippen LogP contribution in [0.25, 0.3) is 11.0 Å². The Morgan fingerprint density at radius 2 is 1.84 bits per heavy atom. The van der Waals surface area contributed by atoms with E-state index in [0.29, 0.717) is 16.7 Å². The molecule has 1 aromatic heterocycles. The number of para-hydroxylation sites is 1. The largest absolute Gasteiger partial charge is 0.492 e. The van der Waals surface area contributed by atoms with Crippen LogP contribution in [0.2, 0.25) is 0 Å². The van der Waals surface area contributed by atoms with Gasteiger partial charge in [0.25, 0.3) is 5.91 Å². The lowest BCUT2D eigenvalue weighted by molar-refractivity contribution is 0.0921. The van der Waals surface area contributed by atoms with Crippen LogP contribution in [0.15, 0.2) is 57.8 Å². The Labute approximate surface area is 144 Å². The van der Waals surface area contributed by atoms with E-state index >= 15 is 0 Å². The number of sulfonamides is 1. The SMILES string of the molecule is COc1c(C(=O)NCc2ccc(S(N)(=O)=O)cc2)oc2ccccc12. The number of amides is 1. The third kappa shape index (κ3) is 3.49. The second kappa shape index (κ2) is 6.58. The van der Waals surface area contributed by atoms with Gasteiger partial charge >= 0.3 is 0 Å². The third-order valence-electron chi connectivity index (χ3n) is 3.67. The highest BCUT2D eigenvalue weighted by Crippen LogP contribution is 2.32. The first kappa shape index (κ1) is 17.0. The van der Waals surface area contributed by atoms with Gasteiger partial charge in [0, 0.05) is 6.54 Å². The van der Waals surface area contributed by atoms with Gasteiger partial charge in [-0.2, -0.15) is 0 Å². The zero-order valence-electron chi connectivity index (χ0n) is 13.4. The summed E-state index contributed by atoms with van der Waals surface area (Å²) in [6.07, 6.45) is 0. The molecule has 0 aliphatic rings. The first-order valence-corrected chi connectivity index (χ1v) is 8.90. The molecule has 1 heterocycles. The maximum Gasteiger partial charge on any atom is 0.291 e. The van der Waals surface area contributed by atoms with Crippen molar-refractivity contribution >= 4 is 26.9 Å². The fraction of sp³-hybridized carbons (Fsp3) is 0.118. The van der Waals surface area contributed by atoms with Crippen molar-refractivity contribution in [1.82, 2.24) is 5.32 Å². The zero-order chi connectivity index (χ0) is 18.0. The fourth-order valence-electron chi connectivity index (χ4n) is 2.43. The number of nitrogens with one attached hydrogen (secondary N) is 1. The molecule has 1 amide bonds. The summed E-state index contributed by atoms with van der Waals surface area (Å²) in [5.41, 5.74) is 1.28. The Balaban J connectivity index is 1.77. The van der Waals surface area contributed by atoms with Crippen LogP contribution in [-0.4, -0.2) is 21.4 Å². The van der Waals surface area contributed by atoms with E-state index in [2.05, 4.69) is 5.32 Å². The Morgan fingerprint density at radius 3 is 2.48 bits per heavy atom. The molecule has 3 aromatic rings. The maximum absolute atomic E-state index is 12.4. The second-order valence-electron chi connectivity index (χ2n) is 5.33. The molecular weight excluding hydrogens is 344 g/mol. The molecule has 0 aliphatic carbocycles. The molecule has 25 heavy (non-hydrogen) atoms. The molecule has 0 saturated heterocycles. The Kier molecular flexibility index (Phi) is 4.47.